The molecule has 0 bridgehead atoms. The Morgan fingerprint density at radius 1 is 1.04 bits per heavy atom. The Morgan fingerprint density at radius 3 is 2.37 bits per heavy atom. The maximum Gasteiger partial charge on any atom is 0.348 e. The third kappa shape index (κ3) is 4.56. The number of hydrogen-bond donors (Lipinski definition) is 2. The average molecular weight is 402 g/mol. The van der Waals surface area contributed by atoms with Gasteiger partial charge in [0.05, 0.1) is 10.6 Å². The Balaban J connectivity index is 1.85. The van der Waals surface area contributed by atoms with Crippen LogP contribution >= 0.6 is 11.3 Å². The molecule has 3 rings (SSSR count). The highest BCUT2D eigenvalue weighted by molar-refractivity contribution is 7.92. The van der Waals surface area contributed by atoms with Crippen molar-refractivity contribution in [3.8, 4) is 0 Å². The fourth-order valence-electron chi connectivity index (χ4n) is 2.77. The molecule has 0 fully saturated rings. The van der Waals surface area contributed by atoms with E-state index in [-0.39, 0.29) is 15.5 Å². The van der Waals surface area contributed by atoms with Gasteiger partial charge in [-0.1, -0.05) is 48.5 Å². The van der Waals surface area contributed by atoms with E-state index in [4.69, 9.17) is 0 Å². The molecule has 2 N–H and O–H groups in total. The molecule has 0 saturated carbocycles. The second-order valence-electron chi connectivity index (χ2n) is 6.12. The maximum atomic E-state index is 12.7. The molecule has 0 aliphatic rings. The molecule has 0 saturated heterocycles. The van der Waals surface area contributed by atoms with Crippen LogP contribution in [0.5, 0.6) is 0 Å². The van der Waals surface area contributed by atoms with Crippen molar-refractivity contribution in [1.82, 2.24) is 0 Å². The van der Waals surface area contributed by atoms with Gasteiger partial charge in [0.2, 0.25) is 0 Å². The lowest BCUT2D eigenvalue weighted by Gasteiger charge is -2.09. The minimum Gasteiger partial charge on any atom is -0.477 e. The van der Waals surface area contributed by atoms with E-state index in [9.17, 15) is 18.3 Å². The standard InChI is InChI=1S/C20H19NO4S2/c1-14-7-5-6-10-18(14)27(24,25)21-17-13-16(26-19(17)20(22)23)12-11-15-8-3-2-4-9-15/h2-10,13,21H,11-12H2,1H3,(H,22,23). The second-order valence-corrected chi connectivity index (χ2v) is 8.90. The van der Waals surface area contributed by atoms with Crippen molar-refractivity contribution >= 4 is 33.0 Å². The molecular formula is C20H19NO4S2. The number of carbonyl (C=O) groups is 1. The molecular weight excluding hydrogens is 382 g/mol. The predicted octanol–water partition coefficient (Wildman–Crippen LogP) is 4.34. The Labute approximate surface area is 162 Å². The molecule has 27 heavy (non-hydrogen) atoms. The van der Waals surface area contributed by atoms with Crippen LogP contribution in [0, 0.1) is 6.92 Å². The van der Waals surface area contributed by atoms with E-state index in [1.54, 1.807) is 31.2 Å². The summed E-state index contributed by atoms with van der Waals surface area (Å²) in [7, 11) is -3.86. The first kappa shape index (κ1) is 19.1. The number of anilines is 1. The van der Waals surface area contributed by atoms with Gasteiger partial charge in [-0.05, 0) is 43.0 Å². The number of aromatic carboxylic acids is 1. The van der Waals surface area contributed by atoms with Crippen LogP contribution in [0.4, 0.5) is 5.69 Å². The highest BCUT2D eigenvalue weighted by Crippen LogP contribution is 2.30. The van der Waals surface area contributed by atoms with Crippen LogP contribution in [0.15, 0.2) is 65.6 Å². The first-order chi connectivity index (χ1) is 12.9. The number of aryl methyl sites for hydroxylation is 3. The monoisotopic (exact) mass is 401 g/mol. The van der Waals surface area contributed by atoms with Crippen LogP contribution in [0.2, 0.25) is 0 Å². The summed E-state index contributed by atoms with van der Waals surface area (Å²) in [5.41, 5.74) is 1.85. The summed E-state index contributed by atoms with van der Waals surface area (Å²) in [6, 6.07) is 18.1. The van der Waals surface area contributed by atoms with Gasteiger partial charge in [-0.15, -0.1) is 11.3 Å². The van der Waals surface area contributed by atoms with Gasteiger partial charge in [0, 0.05) is 4.88 Å². The lowest BCUT2D eigenvalue weighted by Crippen LogP contribution is -2.15. The predicted molar refractivity (Wildman–Crippen MR) is 107 cm³/mol. The average Bonchev–Trinajstić information content (AvgIpc) is 3.03. The van der Waals surface area contributed by atoms with Crippen molar-refractivity contribution in [1.29, 1.82) is 0 Å². The molecule has 0 atom stereocenters. The van der Waals surface area contributed by atoms with Crippen molar-refractivity contribution in [3.05, 3.63) is 81.5 Å². The van der Waals surface area contributed by atoms with Crippen molar-refractivity contribution in [3.63, 3.8) is 0 Å². The molecule has 3 aromatic rings. The smallest absolute Gasteiger partial charge is 0.348 e. The summed E-state index contributed by atoms with van der Waals surface area (Å²) in [6.07, 6.45) is 1.39. The van der Waals surface area contributed by atoms with Gasteiger partial charge < -0.3 is 5.11 Å². The molecule has 0 aliphatic carbocycles. The number of rotatable bonds is 7. The Morgan fingerprint density at radius 2 is 1.70 bits per heavy atom. The maximum absolute atomic E-state index is 12.7. The molecule has 7 heteroatoms. The first-order valence-corrected chi connectivity index (χ1v) is 10.6. The van der Waals surface area contributed by atoms with Gasteiger partial charge in [-0.3, -0.25) is 4.72 Å². The summed E-state index contributed by atoms with van der Waals surface area (Å²) in [4.78, 5) is 12.5. The van der Waals surface area contributed by atoms with E-state index in [0.29, 0.717) is 12.0 Å². The minimum absolute atomic E-state index is 0.00443. The highest BCUT2D eigenvalue weighted by atomic mass is 32.2. The Kier molecular flexibility index (Phi) is 5.62. The molecule has 140 valence electrons. The molecule has 0 radical (unpaired) electrons. The second kappa shape index (κ2) is 7.94. The van der Waals surface area contributed by atoms with E-state index < -0.39 is 16.0 Å². The summed E-state index contributed by atoms with van der Waals surface area (Å²) in [5.74, 6) is -1.14. The summed E-state index contributed by atoms with van der Waals surface area (Å²) < 4.78 is 27.8. The number of benzene rings is 2. The fourth-order valence-corrected chi connectivity index (χ4v) is 5.09. The largest absolute Gasteiger partial charge is 0.477 e. The summed E-state index contributed by atoms with van der Waals surface area (Å²) in [6.45, 7) is 1.70. The number of carboxylic acids is 1. The van der Waals surface area contributed by atoms with Gasteiger partial charge >= 0.3 is 5.97 Å². The van der Waals surface area contributed by atoms with Crippen LogP contribution in [0.25, 0.3) is 0 Å². The highest BCUT2D eigenvalue weighted by Gasteiger charge is 2.22. The lowest BCUT2D eigenvalue weighted by molar-refractivity contribution is 0.0703. The van der Waals surface area contributed by atoms with Crippen molar-refractivity contribution in [2.75, 3.05) is 4.72 Å². The number of sulfonamides is 1. The van der Waals surface area contributed by atoms with Crippen molar-refractivity contribution in [2.45, 2.75) is 24.7 Å². The van der Waals surface area contributed by atoms with E-state index in [2.05, 4.69) is 4.72 Å². The van der Waals surface area contributed by atoms with E-state index in [0.717, 1.165) is 28.2 Å². The molecule has 0 spiro atoms. The fraction of sp³-hybridized carbons (Fsp3) is 0.150. The molecule has 0 amide bonds. The van der Waals surface area contributed by atoms with Crippen LogP contribution in [-0.2, 0) is 22.9 Å². The zero-order valence-corrected chi connectivity index (χ0v) is 16.3. The van der Waals surface area contributed by atoms with E-state index in [1.165, 1.54) is 6.07 Å². The zero-order valence-electron chi connectivity index (χ0n) is 14.7. The summed E-state index contributed by atoms with van der Waals surface area (Å²) in [5, 5.41) is 9.46. The number of thiophene rings is 1. The van der Waals surface area contributed by atoms with Gasteiger partial charge in [0.25, 0.3) is 10.0 Å². The number of hydrogen-bond acceptors (Lipinski definition) is 4. The van der Waals surface area contributed by atoms with Crippen LogP contribution in [0.3, 0.4) is 0 Å². The minimum atomic E-state index is -3.86. The number of carboxylic acid groups (broad SMARTS) is 1. The SMILES string of the molecule is Cc1ccccc1S(=O)(=O)Nc1cc(CCc2ccccc2)sc1C(=O)O. The normalized spacial score (nSPS) is 11.3. The third-order valence-corrected chi connectivity index (χ3v) is 6.82. The molecule has 0 aliphatic heterocycles. The van der Waals surface area contributed by atoms with E-state index >= 15 is 0 Å². The molecule has 2 aromatic carbocycles. The molecule has 0 unspecified atom stereocenters. The molecule has 1 heterocycles. The molecule has 1 aromatic heterocycles. The lowest BCUT2D eigenvalue weighted by atomic mass is 10.1. The van der Waals surface area contributed by atoms with Gasteiger partial charge in [-0.25, -0.2) is 13.2 Å². The topological polar surface area (TPSA) is 83.5 Å². The van der Waals surface area contributed by atoms with Crippen molar-refractivity contribution < 1.29 is 18.3 Å². The van der Waals surface area contributed by atoms with Gasteiger partial charge in [-0.2, -0.15) is 0 Å². The Bertz CT molecular complexity index is 1060. The van der Waals surface area contributed by atoms with Crippen LogP contribution < -0.4 is 4.72 Å². The zero-order chi connectivity index (χ0) is 19.4. The van der Waals surface area contributed by atoms with Crippen LogP contribution in [0.1, 0.15) is 25.7 Å². The third-order valence-electron chi connectivity index (χ3n) is 4.11. The molecule has 5 nitrogen and oxygen atoms in total. The Hall–Kier alpha value is -2.64. The van der Waals surface area contributed by atoms with Crippen LogP contribution in [-0.4, -0.2) is 19.5 Å². The first-order valence-electron chi connectivity index (χ1n) is 8.35. The quantitative estimate of drug-likeness (QED) is 0.617. The van der Waals surface area contributed by atoms with Gasteiger partial charge in [0.1, 0.15) is 4.88 Å². The summed E-state index contributed by atoms with van der Waals surface area (Å²) >= 11 is 1.10. The van der Waals surface area contributed by atoms with Crippen molar-refractivity contribution in [2.24, 2.45) is 0 Å². The number of nitrogens with one attached hydrogen (secondary N) is 1. The van der Waals surface area contributed by atoms with Gasteiger partial charge in [0.15, 0.2) is 0 Å². The van der Waals surface area contributed by atoms with E-state index in [1.807, 2.05) is 30.3 Å².